The van der Waals surface area contributed by atoms with Gasteiger partial charge in [-0.25, -0.2) is 0 Å². The Morgan fingerprint density at radius 1 is 1.20 bits per heavy atom. The molecule has 0 aromatic heterocycles. The van der Waals surface area contributed by atoms with E-state index in [9.17, 15) is 5.11 Å². The Morgan fingerprint density at radius 3 is 2.20 bits per heavy atom. The van der Waals surface area contributed by atoms with Crippen molar-refractivity contribution in [2.75, 3.05) is 18.5 Å². The van der Waals surface area contributed by atoms with Crippen LogP contribution in [0.15, 0.2) is 24.3 Å². The fourth-order valence-corrected chi connectivity index (χ4v) is 1.37. The van der Waals surface area contributed by atoms with Crippen LogP contribution >= 0.6 is 0 Å². The number of hydrogen-bond acceptors (Lipinski definition) is 2. The van der Waals surface area contributed by atoms with E-state index in [1.54, 1.807) is 0 Å². The Bertz CT molecular complexity index is 297. The lowest BCUT2D eigenvalue weighted by atomic mass is 10.1. The van der Waals surface area contributed by atoms with E-state index in [2.05, 4.69) is 43.1 Å². The molecule has 0 saturated heterocycles. The summed E-state index contributed by atoms with van der Waals surface area (Å²) in [5.74, 6) is 0. The number of hydrogen-bond donors (Lipinski definition) is 1. The zero-order chi connectivity index (χ0) is 11.5. The maximum absolute atomic E-state index is 9.63. The van der Waals surface area contributed by atoms with E-state index in [4.69, 9.17) is 0 Å². The third-order valence-electron chi connectivity index (χ3n) is 2.53. The van der Waals surface area contributed by atoms with Gasteiger partial charge in [-0.1, -0.05) is 17.7 Å². The minimum atomic E-state index is -0.584. The van der Waals surface area contributed by atoms with Gasteiger partial charge in [-0.3, -0.25) is 0 Å². The van der Waals surface area contributed by atoms with Crippen LogP contribution < -0.4 is 4.90 Å². The fraction of sp³-hybridized carbons (Fsp3) is 0.538. The number of aryl methyl sites for hydroxylation is 1. The van der Waals surface area contributed by atoms with Gasteiger partial charge in [0.15, 0.2) is 0 Å². The van der Waals surface area contributed by atoms with Gasteiger partial charge in [-0.2, -0.15) is 0 Å². The Labute approximate surface area is 92.5 Å². The Morgan fingerprint density at radius 2 is 1.73 bits per heavy atom. The fourth-order valence-electron chi connectivity index (χ4n) is 1.37. The van der Waals surface area contributed by atoms with Crippen LogP contribution in [0.25, 0.3) is 0 Å². The summed E-state index contributed by atoms with van der Waals surface area (Å²) >= 11 is 0. The smallest absolute Gasteiger partial charge is 0.0608 e. The second-order valence-electron chi connectivity index (χ2n) is 4.82. The lowest BCUT2D eigenvalue weighted by molar-refractivity contribution is 0.0734. The first-order valence-corrected chi connectivity index (χ1v) is 5.39. The van der Waals surface area contributed by atoms with Crippen molar-refractivity contribution in [3.8, 4) is 0 Å². The molecule has 0 bridgehead atoms. The molecule has 0 amide bonds. The molecule has 1 aromatic rings. The summed E-state index contributed by atoms with van der Waals surface area (Å²) in [7, 11) is 2.05. The molecule has 0 aliphatic heterocycles. The van der Waals surface area contributed by atoms with Crippen molar-refractivity contribution in [3.05, 3.63) is 29.8 Å². The normalized spacial score (nSPS) is 11.5. The first kappa shape index (κ1) is 12.1. The molecule has 0 radical (unpaired) electrons. The minimum absolute atomic E-state index is 0.584. The molecule has 1 aromatic carbocycles. The number of nitrogens with zero attached hydrogens (tertiary/aromatic N) is 1. The van der Waals surface area contributed by atoms with E-state index in [0.29, 0.717) is 0 Å². The molecule has 0 aliphatic carbocycles. The van der Waals surface area contributed by atoms with Gasteiger partial charge >= 0.3 is 0 Å². The maximum atomic E-state index is 9.63. The van der Waals surface area contributed by atoms with Crippen LogP contribution in [-0.4, -0.2) is 24.3 Å². The molecular formula is C13H21NO. The average molecular weight is 207 g/mol. The van der Waals surface area contributed by atoms with Crippen molar-refractivity contribution in [3.63, 3.8) is 0 Å². The van der Waals surface area contributed by atoms with Crippen molar-refractivity contribution < 1.29 is 5.11 Å². The van der Waals surface area contributed by atoms with Crippen LogP contribution in [0.2, 0.25) is 0 Å². The highest BCUT2D eigenvalue weighted by molar-refractivity contribution is 5.46. The molecule has 0 unspecified atom stereocenters. The van der Waals surface area contributed by atoms with Crippen LogP contribution in [-0.2, 0) is 0 Å². The van der Waals surface area contributed by atoms with Crippen LogP contribution in [0.1, 0.15) is 25.8 Å². The summed E-state index contributed by atoms with van der Waals surface area (Å²) in [6.07, 6.45) is 0.775. The molecule has 1 rings (SSSR count). The summed E-state index contributed by atoms with van der Waals surface area (Å²) in [6, 6.07) is 8.44. The number of anilines is 1. The van der Waals surface area contributed by atoms with Crippen molar-refractivity contribution in [2.45, 2.75) is 32.8 Å². The highest BCUT2D eigenvalue weighted by atomic mass is 16.3. The van der Waals surface area contributed by atoms with E-state index in [-0.39, 0.29) is 0 Å². The number of aliphatic hydroxyl groups is 1. The highest BCUT2D eigenvalue weighted by Gasteiger charge is 2.13. The van der Waals surface area contributed by atoms with Crippen LogP contribution in [0.5, 0.6) is 0 Å². The molecule has 84 valence electrons. The topological polar surface area (TPSA) is 23.5 Å². The van der Waals surface area contributed by atoms with Crippen LogP contribution in [0, 0.1) is 6.92 Å². The standard InChI is InChI=1S/C13H21NO/c1-11-5-7-12(8-6-11)14(4)10-9-13(2,3)15/h5-8,15H,9-10H2,1-4H3. The van der Waals surface area contributed by atoms with E-state index in [1.807, 2.05) is 13.8 Å². The zero-order valence-electron chi connectivity index (χ0n) is 10.1. The second kappa shape index (κ2) is 4.67. The minimum Gasteiger partial charge on any atom is -0.390 e. The molecule has 15 heavy (non-hydrogen) atoms. The molecule has 2 heteroatoms. The van der Waals surface area contributed by atoms with Gasteiger partial charge in [0.1, 0.15) is 0 Å². The average Bonchev–Trinajstić information content (AvgIpc) is 2.14. The van der Waals surface area contributed by atoms with E-state index in [0.717, 1.165) is 13.0 Å². The van der Waals surface area contributed by atoms with Crippen molar-refractivity contribution >= 4 is 5.69 Å². The molecule has 2 nitrogen and oxygen atoms in total. The SMILES string of the molecule is Cc1ccc(N(C)CCC(C)(C)O)cc1. The van der Waals surface area contributed by atoms with Crippen LogP contribution in [0.3, 0.4) is 0 Å². The molecule has 0 atom stereocenters. The number of benzene rings is 1. The Hall–Kier alpha value is -1.02. The van der Waals surface area contributed by atoms with E-state index >= 15 is 0 Å². The lowest BCUT2D eigenvalue weighted by Gasteiger charge is -2.24. The molecule has 0 aliphatic rings. The van der Waals surface area contributed by atoms with Gasteiger partial charge in [0.25, 0.3) is 0 Å². The molecule has 1 N–H and O–H groups in total. The summed E-state index contributed by atoms with van der Waals surface area (Å²) in [5.41, 5.74) is 1.89. The largest absolute Gasteiger partial charge is 0.390 e. The third kappa shape index (κ3) is 4.34. The molecular weight excluding hydrogens is 186 g/mol. The van der Waals surface area contributed by atoms with Crippen LogP contribution in [0.4, 0.5) is 5.69 Å². The summed E-state index contributed by atoms with van der Waals surface area (Å²) in [6.45, 7) is 6.64. The first-order valence-electron chi connectivity index (χ1n) is 5.39. The van der Waals surface area contributed by atoms with E-state index < -0.39 is 5.60 Å². The maximum Gasteiger partial charge on any atom is 0.0608 e. The monoisotopic (exact) mass is 207 g/mol. The summed E-state index contributed by atoms with van der Waals surface area (Å²) in [4.78, 5) is 2.16. The zero-order valence-corrected chi connectivity index (χ0v) is 10.1. The molecule has 0 fully saturated rings. The molecule has 0 spiro atoms. The quantitative estimate of drug-likeness (QED) is 0.820. The first-order chi connectivity index (χ1) is 6.88. The third-order valence-corrected chi connectivity index (χ3v) is 2.53. The van der Waals surface area contributed by atoms with Gasteiger partial charge in [0.05, 0.1) is 5.60 Å². The predicted molar refractivity (Wildman–Crippen MR) is 65.4 cm³/mol. The second-order valence-corrected chi connectivity index (χ2v) is 4.82. The predicted octanol–water partition coefficient (Wildman–Crippen LogP) is 2.59. The Balaban J connectivity index is 2.54. The van der Waals surface area contributed by atoms with Gasteiger partial charge in [0, 0.05) is 19.3 Å². The summed E-state index contributed by atoms with van der Waals surface area (Å²) < 4.78 is 0. The molecule has 0 saturated carbocycles. The molecule has 0 heterocycles. The van der Waals surface area contributed by atoms with Crippen molar-refractivity contribution in [2.24, 2.45) is 0 Å². The summed E-state index contributed by atoms with van der Waals surface area (Å²) in [5, 5.41) is 9.63. The number of rotatable bonds is 4. The highest BCUT2D eigenvalue weighted by Crippen LogP contribution is 2.15. The van der Waals surface area contributed by atoms with Gasteiger partial charge in [-0.05, 0) is 39.3 Å². The van der Waals surface area contributed by atoms with E-state index in [1.165, 1.54) is 11.3 Å². The van der Waals surface area contributed by atoms with Gasteiger partial charge in [-0.15, -0.1) is 0 Å². The van der Waals surface area contributed by atoms with Crippen molar-refractivity contribution in [1.29, 1.82) is 0 Å². The van der Waals surface area contributed by atoms with Gasteiger partial charge in [0.2, 0.25) is 0 Å². The van der Waals surface area contributed by atoms with Gasteiger partial charge < -0.3 is 10.0 Å². The van der Waals surface area contributed by atoms with Crippen molar-refractivity contribution in [1.82, 2.24) is 0 Å². The lowest BCUT2D eigenvalue weighted by Crippen LogP contribution is -2.28. The Kier molecular flexibility index (Phi) is 3.75.